The molecule has 270 valence electrons. The maximum atomic E-state index is 13.8. The molecule has 0 radical (unpaired) electrons. The molecule has 1 aromatic heterocycles. The van der Waals surface area contributed by atoms with Crippen LogP contribution in [0.1, 0.15) is 61.5 Å². The monoisotopic (exact) mass is 698 g/mol. The molecule has 1 spiro atoms. The molecule has 3 aromatic rings. The van der Waals surface area contributed by atoms with Crippen molar-refractivity contribution >= 4 is 29.5 Å². The van der Waals surface area contributed by atoms with Crippen LogP contribution < -0.4 is 36.1 Å². The first-order valence-corrected chi connectivity index (χ1v) is 17.2. The summed E-state index contributed by atoms with van der Waals surface area (Å²) in [7, 11) is 1.47. The number of hydrogen-bond donors (Lipinski definition) is 5. The second-order valence-electron chi connectivity index (χ2n) is 13.6. The minimum atomic E-state index is -1.22. The topological polar surface area (TPSA) is 177 Å². The van der Waals surface area contributed by atoms with E-state index in [2.05, 4.69) is 45.4 Å². The van der Waals surface area contributed by atoms with E-state index >= 15 is 0 Å². The van der Waals surface area contributed by atoms with Crippen molar-refractivity contribution in [2.45, 2.75) is 82.6 Å². The van der Waals surface area contributed by atoms with Gasteiger partial charge in [0.1, 0.15) is 36.0 Å². The fourth-order valence-corrected chi connectivity index (χ4v) is 5.89. The van der Waals surface area contributed by atoms with Crippen LogP contribution in [0.3, 0.4) is 0 Å². The predicted molar refractivity (Wildman–Crippen MR) is 189 cm³/mol. The highest BCUT2D eigenvalue weighted by Gasteiger charge is 2.52. The molecule has 3 aliphatic rings. The molecule has 5 N–H and O–H groups in total. The van der Waals surface area contributed by atoms with Gasteiger partial charge in [-0.1, -0.05) is 56.3 Å². The molecule has 5 amide bonds. The lowest BCUT2D eigenvalue weighted by molar-refractivity contribution is -0.134. The maximum absolute atomic E-state index is 13.8. The maximum Gasteiger partial charge on any atom is 0.253 e. The SMILES string of the molecule is COc1ccc(C(=O)N[C@H]2Cc3ccc(cc3)OC[C@H](CC(C)C)NC(=O)[C@@H](Cc3ccccc3)NC(=O)C3(CC3)NC(=O)[C@@H](C)NC2=O)cn1. The van der Waals surface area contributed by atoms with Crippen LogP contribution in [0.25, 0.3) is 0 Å². The molecule has 13 nitrogen and oxygen atoms in total. The first kappa shape index (κ1) is 36.8. The highest BCUT2D eigenvalue weighted by molar-refractivity contribution is 6.00. The highest BCUT2D eigenvalue weighted by Crippen LogP contribution is 2.36. The van der Waals surface area contributed by atoms with Crippen LogP contribution >= 0.6 is 0 Å². The molecule has 1 aliphatic carbocycles. The number of ether oxygens (including phenoxy) is 2. The number of methoxy groups -OCH3 is 1. The lowest BCUT2D eigenvalue weighted by Crippen LogP contribution is -2.59. The third kappa shape index (κ3) is 10.1. The van der Waals surface area contributed by atoms with Gasteiger partial charge in [-0.25, -0.2) is 4.98 Å². The van der Waals surface area contributed by atoms with Crippen molar-refractivity contribution in [1.29, 1.82) is 0 Å². The minimum Gasteiger partial charge on any atom is -0.491 e. The number of nitrogens with one attached hydrogen (secondary N) is 5. The van der Waals surface area contributed by atoms with Crippen LogP contribution in [0, 0.1) is 5.92 Å². The van der Waals surface area contributed by atoms with Gasteiger partial charge in [0.05, 0.1) is 18.7 Å². The number of rotatable bonds is 7. The van der Waals surface area contributed by atoms with E-state index in [9.17, 15) is 24.0 Å². The Morgan fingerprint density at radius 1 is 0.941 bits per heavy atom. The lowest BCUT2D eigenvalue weighted by Gasteiger charge is -2.27. The van der Waals surface area contributed by atoms with Gasteiger partial charge < -0.3 is 36.1 Å². The van der Waals surface area contributed by atoms with Crippen molar-refractivity contribution in [2.75, 3.05) is 13.7 Å². The van der Waals surface area contributed by atoms with Gasteiger partial charge in [0, 0.05) is 25.1 Å². The summed E-state index contributed by atoms with van der Waals surface area (Å²) in [6.07, 6.45) is 3.08. The average Bonchev–Trinajstić information content (AvgIpc) is 3.90. The predicted octanol–water partition coefficient (Wildman–Crippen LogP) is 2.24. The number of benzene rings is 2. The van der Waals surface area contributed by atoms with Gasteiger partial charge in [0.15, 0.2) is 0 Å². The van der Waals surface area contributed by atoms with Gasteiger partial charge in [0.25, 0.3) is 5.91 Å². The molecule has 3 heterocycles. The molecule has 4 atom stereocenters. The van der Waals surface area contributed by atoms with E-state index in [-0.39, 0.29) is 42.9 Å². The molecule has 1 saturated carbocycles. The lowest BCUT2D eigenvalue weighted by atomic mass is 10.0. The van der Waals surface area contributed by atoms with Crippen LogP contribution in [0.2, 0.25) is 0 Å². The van der Waals surface area contributed by atoms with Crippen LogP contribution in [-0.4, -0.2) is 77.9 Å². The van der Waals surface area contributed by atoms with E-state index in [0.29, 0.717) is 30.9 Å². The molecule has 2 aromatic carbocycles. The van der Waals surface area contributed by atoms with Crippen molar-refractivity contribution in [3.8, 4) is 11.6 Å². The fraction of sp³-hybridized carbons (Fsp3) is 0.421. The van der Waals surface area contributed by atoms with E-state index in [1.54, 1.807) is 30.3 Å². The first-order valence-electron chi connectivity index (χ1n) is 17.2. The van der Waals surface area contributed by atoms with E-state index in [1.807, 2.05) is 30.3 Å². The zero-order valence-electron chi connectivity index (χ0n) is 29.4. The van der Waals surface area contributed by atoms with Crippen LogP contribution in [0.4, 0.5) is 0 Å². The largest absolute Gasteiger partial charge is 0.491 e. The number of carbonyl (C=O) groups excluding carboxylic acids is 5. The van der Waals surface area contributed by atoms with Crippen LogP contribution in [0.5, 0.6) is 11.6 Å². The molecule has 0 unspecified atom stereocenters. The summed E-state index contributed by atoms with van der Waals surface area (Å²) in [4.78, 5) is 71.9. The van der Waals surface area contributed by atoms with Crippen LogP contribution in [-0.2, 0) is 32.0 Å². The number of fused-ring (bicyclic) bond motifs is 15. The summed E-state index contributed by atoms with van der Waals surface area (Å²) in [6, 6.07) is 16.2. The Labute approximate surface area is 297 Å². The van der Waals surface area contributed by atoms with E-state index < -0.39 is 47.3 Å². The third-order valence-electron chi connectivity index (χ3n) is 8.95. The molecule has 1 fully saturated rings. The summed E-state index contributed by atoms with van der Waals surface area (Å²) < 4.78 is 11.2. The smallest absolute Gasteiger partial charge is 0.253 e. The summed E-state index contributed by atoms with van der Waals surface area (Å²) >= 11 is 0. The zero-order valence-corrected chi connectivity index (χ0v) is 29.4. The molecule has 2 aliphatic heterocycles. The Morgan fingerprint density at radius 2 is 1.67 bits per heavy atom. The summed E-state index contributed by atoms with van der Waals surface area (Å²) in [6.45, 7) is 5.80. The van der Waals surface area contributed by atoms with Crippen molar-refractivity contribution in [2.24, 2.45) is 5.92 Å². The van der Waals surface area contributed by atoms with Crippen molar-refractivity contribution in [1.82, 2.24) is 31.6 Å². The molecule has 13 heteroatoms. The van der Waals surface area contributed by atoms with Crippen LogP contribution in [0.15, 0.2) is 72.9 Å². The number of hydrogen-bond acceptors (Lipinski definition) is 8. The molecular formula is C38H46N6O7. The Bertz CT molecular complexity index is 1690. The van der Waals surface area contributed by atoms with Crippen molar-refractivity contribution < 1.29 is 33.4 Å². The summed E-state index contributed by atoms with van der Waals surface area (Å²) in [5.41, 5.74) is 0.591. The summed E-state index contributed by atoms with van der Waals surface area (Å²) in [5, 5.41) is 14.3. The Morgan fingerprint density at radius 3 is 2.29 bits per heavy atom. The number of nitrogens with zero attached hydrogens (tertiary/aromatic N) is 1. The quantitative estimate of drug-likeness (QED) is 0.234. The van der Waals surface area contributed by atoms with Gasteiger partial charge in [-0.05, 0) is 61.4 Å². The number of carbonyl (C=O) groups is 5. The number of amides is 5. The normalized spacial score (nSPS) is 22.5. The summed E-state index contributed by atoms with van der Waals surface area (Å²) in [5.74, 6) is -1.39. The van der Waals surface area contributed by atoms with E-state index in [0.717, 1.165) is 11.1 Å². The second kappa shape index (κ2) is 16.5. The molecule has 2 bridgehead atoms. The molecule has 6 rings (SSSR count). The van der Waals surface area contributed by atoms with Gasteiger partial charge >= 0.3 is 0 Å². The molecule has 0 saturated heterocycles. The van der Waals surface area contributed by atoms with Gasteiger partial charge in [-0.2, -0.15) is 0 Å². The van der Waals surface area contributed by atoms with E-state index in [1.165, 1.54) is 26.3 Å². The zero-order chi connectivity index (χ0) is 36.5. The number of aromatic nitrogens is 1. The Hall–Kier alpha value is -5.46. The second-order valence-corrected chi connectivity index (χ2v) is 13.6. The number of pyridine rings is 1. The minimum absolute atomic E-state index is 0.108. The van der Waals surface area contributed by atoms with Gasteiger partial charge in [0.2, 0.25) is 29.5 Å². The van der Waals surface area contributed by atoms with Gasteiger partial charge in [-0.3, -0.25) is 24.0 Å². The van der Waals surface area contributed by atoms with Crippen molar-refractivity contribution in [3.05, 3.63) is 89.6 Å². The standard InChI is InChI=1S/C38H46N6O7/c1-23(2)18-28-22-51-29-13-10-26(11-14-29)20-30(42-34(46)27-12-15-32(50-4)39-21-27)35(47)40-24(3)33(45)44-38(16-17-38)37(49)43-31(36(48)41-28)19-25-8-6-5-7-9-25/h5-15,21,23-24,28,30-31H,16-20,22H2,1-4H3,(H,40,47)(H,41,48)(H,42,46)(H,43,49)(H,44,45)/t24-,28+,30+,31-/m1/s1. The third-order valence-corrected chi connectivity index (χ3v) is 8.95. The van der Waals surface area contributed by atoms with E-state index in [4.69, 9.17) is 9.47 Å². The molecular weight excluding hydrogens is 652 g/mol. The Kier molecular flexibility index (Phi) is 11.9. The molecule has 51 heavy (non-hydrogen) atoms. The van der Waals surface area contributed by atoms with Gasteiger partial charge in [-0.15, -0.1) is 0 Å². The van der Waals surface area contributed by atoms with Crippen molar-refractivity contribution in [3.63, 3.8) is 0 Å². The highest BCUT2D eigenvalue weighted by atomic mass is 16.5. The average molecular weight is 699 g/mol. The fourth-order valence-electron chi connectivity index (χ4n) is 5.89. The first-order chi connectivity index (χ1) is 24.4. The Balaban J connectivity index is 1.41.